The lowest BCUT2D eigenvalue weighted by atomic mass is 10.1. The van der Waals surface area contributed by atoms with Gasteiger partial charge in [-0.25, -0.2) is 4.79 Å². The van der Waals surface area contributed by atoms with E-state index in [-0.39, 0.29) is 18.1 Å². The van der Waals surface area contributed by atoms with Crippen LogP contribution in [0.2, 0.25) is 0 Å². The van der Waals surface area contributed by atoms with Gasteiger partial charge in [0.1, 0.15) is 11.3 Å². The van der Waals surface area contributed by atoms with Crippen molar-refractivity contribution in [1.82, 2.24) is 14.7 Å². The fourth-order valence-electron chi connectivity index (χ4n) is 2.85. The molecule has 1 aromatic rings. The molecule has 2 heterocycles. The number of urea groups is 1. The molecule has 3 rings (SSSR count). The number of nitrogens with zero attached hydrogens (tertiary/aromatic N) is 3. The molecule has 0 N–H and O–H groups in total. The first-order valence-electron chi connectivity index (χ1n) is 8.78. The summed E-state index contributed by atoms with van der Waals surface area (Å²) in [5.74, 6) is -0.910. The smallest absolute Gasteiger partial charge is 0.333 e. The van der Waals surface area contributed by atoms with E-state index in [1.807, 2.05) is 0 Å². The van der Waals surface area contributed by atoms with Gasteiger partial charge in [-0.3, -0.25) is 24.2 Å². The molecule has 148 valence electrons. The standard InChI is InChI=1S/C19H21N3O6/c1-20-17(24)15(18(25)21(2)19(20)26)11-13-3-5-14(6-4-13)28-12-16(23)22-7-9-27-10-8-22/h3-6,11H,7-10,12H2,1-2H3. The molecule has 2 fully saturated rings. The number of ether oxygens (including phenoxy) is 2. The molecule has 1 aromatic carbocycles. The van der Waals surface area contributed by atoms with Crippen LogP contribution >= 0.6 is 0 Å². The molecule has 0 aliphatic carbocycles. The Morgan fingerprint density at radius 1 is 1.04 bits per heavy atom. The number of rotatable bonds is 4. The summed E-state index contributed by atoms with van der Waals surface area (Å²) in [6.07, 6.45) is 1.42. The van der Waals surface area contributed by atoms with Gasteiger partial charge in [0.05, 0.1) is 13.2 Å². The highest BCUT2D eigenvalue weighted by atomic mass is 16.5. The van der Waals surface area contributed by atoms with Gasteiger partial charge in [0.2, 0.25) is 0 Å². The summed E-state index contributed by atoms with van der Waals surface area (Å²) < 4.78 is 10.7. The van der Waals surface area contributed by atoms with E-state index in [0.717, 1.165) is 9.80 Å². The molecule has 2 aliphatic rings. The minimum absolute atomic E-state index is 0.0743. The summed E-state index contributed by atoms with van der Waals surface area (Å²) in [6.45, 7) is 2.10. The number of morpholine rings is 1. The highest BCUT2D eigenvalue weighted by Crippen LogP contribution is 2.19. The zero-order chi connectivity index (χ0) is 20.3. The molecule has 2 aliphatic heterocycles. The van der Waals surface area contributed by atoms with E-state index in [9.17, 15) is 19.2 Å². The van der Waals surface area contributed by atoms with Crippen molar-refractivity contribution in [2.24, 2.45) is 0 Å². The minimum Gasteiger partial charge on any atom is -0.484 e. The van der Waals surface area contributed by atoms with Gasteiger partial charge >= 0.3 is 6.03 Å². The Balaban J connectivity index is 1.64. The van der Waals surface area contributed by atoms with E-state index in [2.05, 4.69) is 0 Å². The number of carbonyl (C=O) groups excluding carboxylic acids is 4. The van der Waals surface area contributed by atoms with Crippen LogP contribution in [0.1, 0.15) is 5.56 Å². The van der Waals surface area contributed by atoms with Crippen LogP contribution < -0.4 is 4.74 Å². The van der Waals surface area contributed by atoms with Gasteiger partial charge in [0, 0.05) is 27.2 Å². The molecule has 0 unspecified atom stereocenters. The van der Waals surface area contributed by atoms with Crippen molar-refractivity contribution >= 4 is 29.8 Å². The Bertz CT molecular complexity index is 801. The van der Waals surface area contributed by atoms with Crippen LogP contribution in [0.5, 0.6) is 5.75 Å². The van der Waals surface area contributed by atoms with Crippen LogP contribution in [-0.2, 0) is 19.1 Å². The topological polar surface area (TPSA) is 96.5 Å². The fourth-order valence-corrected chi connectivity index (χ4v) is 2.85. The summed E-state index contributed by atoms with van der Waals surface area (Å²) in [6, 6.07) is 5.96. The molecule has 0 spiro atoms. The monoisotopic (exact) mass is 387 g/mol. The Hall–Kier alpha value is -3.20. The molecule has 0 bridgehead atoms. The summed E-state index contributed by atoms with van der Waals surface area (Å²) in [7, 11) is 2.65. The Morgan fingerprint density at radius 3 is 2.18 bits per heavy atom. The lowest BCUT2D eigenvalue weighted by Crippen LogP contribution is -2.52. The van der Waals surface area contributed by atoms with Crippen molar-refractivity contribution in [3.8, 4) is 5.75 Å². The molecule has 0 aromatic heterocycles. The number of likely N-dealkylation sites (N-methyl/N-ethyl adjacent to an activating group) is 2. The van der Waals surface area contributed by atoms with Gasteiger partial charge in [0.25, 0.3) is 17.7 Å². The van der Waals surface area contributed by atoms with Crippen LogP contribution in [0.4, 0.5) is 4.79 Å². The molecule has 0 atom stereocenters. The van der Waals surface area contributed by atoms with Crippen LogP contribution in [0.15, 0.2) is 29.8 Å². The maximum atomic E-state index is 12.2. The number of carbonyl (C=O) groups is 4. The fraction of sp³-hybridized carbons (Fsp3) is 0.368. The average molecular weight is 387 g/mol. The summed E-state index contributed by atoms with van der Waals surface area (Å²) in [5.41, 5.74) is 0.500. The third-order valence-corrected chi connectivity index (χ3v) is 4.56. The first kappa shape index (κ1) is 19.6. The quantitative estimate of drug-likeness (QED) is 0.547. The second-order valence-corrected chi connectivity index (χ2v) is 6.42. The highest BCUT2D eigenvalue weighted by Gasteiger charge is 2.37. The zero-order valence-electron chi connectivity index (χ0n) is 15.7. The van der Waals surface area contributed by atoms with Crippen LogP contribution in [-0.4, -0.2) is 85.5 Å². The first-order valence-corrected chi connectivity index (χ1v) is 8.78. The number of hydrogen-bond acceptors (Lipinski definition) is 6. The Morgan fingerprint density at radius 2 is 1.61 bits per heavy atom. The maximum absolute atomic E-state index is 12.2. The number of imide groups is 2. The van der Waals surface area contributed by atoms with Crippen molar-refractivity contribution in [3.05, 3.63) is 35.4 Å². The third kappa shape index (κ3) is 4.04. The Labute approximate surface area is 162 Å². The molecule has 0 radical (unpaired) electrons. The van der Waals surface area contributed by atoms with Crippen LogP contribution in [0.25, 0.3) is 6.08 Å². The summed E-state index contributed by atoms with van der Waals surface area (Å²) >= 11 is 0. The molecular formula is C19H21N3O6. The van der Waals surface area contributed by atoms with Gasteiger partial charge in [-0.1, -0.05) is 12.1 Å². The van der Waals surface area contributed by atoms with E-state index in [1.54, 1.807) is 29.2 Å². The predicted octanol–water partition coefficient (Wildman–Crippen LogP) is 0.358. The maximum Gasteiger partial charge on any atom is 0.333 e. The van der Waals surface area contributed by atoms with Gasteiger partial charge < -0.3 is 14.4 Å². The normalized spacial score (nSPS) is 17.9. The largest absolute Gasteiger partial charge is 0.484 e. The zero-order valence-corrected chi connectivity index (χ0v) is 15.7. The lowest BCUT2D eigenvalue weighted by Gasteiger charge is -2.28. The van der Waals surface area contributed by atoms with Crippen molar-refractivity contribution in [3.63, 3.8) is 0 Å². The van der Waals surface area contributed by atoms with Crippen molar-refractivity contribution in [1.29, 1.82) is 0 Å². The van der Waals surface area contributed by atoms with Crippen molar-refractivity contribution in [2.75, 3.05) is 47.0 Å². The predicted molar refractivity (Wildman–Crippen MR) is 98.2 cm³/mol. The summed E-state index contributed by atoms with van der Waals surface area (Å²) in [5, 5.41) is 0. The van der Waals surface area contributed by atoms with E-state index in [4.69, 9.17) is 9.47 Å². The van der Waals surface area contributed by atoms with E-state index < -0.39 is 17.8 Å². The molecule has 9 nitrogen and oxygen atoms in total. The second-order valence-electron chi connectivity index (χ2n) is 6.42. The third-order valence-electron chi connectivity index (χ3n) is 4.56. The molecule has 28 heavy (non-hydrogen) atoms. The van der Waals surface area contributed by atoms with E-state index >= 15 is 0 Å². The highest BCUT2D eigenvalue weighted by molar-refractivity contribution is 6.30. The van der Waals surface area contributed by atoms with E-state index in [1.165, 1.54) is 20.2 Å². The van der Waals surface area contributed by atoms with Crippen LogP contribution in [0, 0.1) is 0 Å². The lowest BCUT2D eigenvalue weighted by molar-refractivity contribution is -0.137. The number of amides is 5. The average Bonchev–Trinajstić information content (AvgIpc) is 2.73. The second kappa shape index (κ2) is 8.22. The summed E-state index contributed by atoms with van der Waals surface area (Å²) in [4.78, 5) is 51.7. The first-order chi connectivity index (χ1) is 13.4. The SMILES string of the molecule is CN1C(=O)C(=Cc2ccc(OCC(=O)N3CCOCC3)cc2)C(=O)N(C)C1=O. The van der Waals surface area contributed by atoms with Crippen molar-refractivity contribution < 1.29 is 28.7 Å². The number of barbiturate groups is 1. The number of benzene rings is 1. The van der Waals surface area contributed by atoms with Gasteiger partial charge in [0.15, 0.2) is 6.61 Å². The van der Waals surface area contributed by atoms with E-state index in [0.29, 0.717) is 37.6 Å². The number of hydrogen-bond donors (Lipinski definition) is 0. The molecule has 0 saturated carbocycles. The van der Waals surface area contributed by atoms with Crippen molar-refractivity contribution in [2.45, 2.75) is 0 Å². The van der Waals surface area contributed by atoms with Gasteiger partial charge in [-0.05, 0) is 23.8 Å². The Kier molecular flexibility index (Phi) is 5.74. The molecule has 9 heteroatoms. The van der Waals surface area contributed by atoms with Gasteiger partial charge in [-0.2, -0.15) is 0 Å². The molecule has 5 amide bonds. The molecular weight excluding hydrogens is 366 g/mol. The minimum atomic E-state index is -0.666. The van der Waals surface area contributed by atoms with Crippen LogP contribution in [0.3, 0.4) is 0 Å². The van der Waals surface area contributed by atoms with Gasteiger partial charge in [-0.15, -0.1) is 0 Å². The molecule has 2 saturated heterocycles.